The third-order valence-electron chi connectivity index (χ3n) is 5.62. The number of halogens is 2. The molecule has 0 aliphatic carbocycles. The van der Waals surface area contributed by atoms with Gasteiger partial charge in [-0.15, -0.1) is 0 Å². The fraction of sp³-hybridized carbons (Fsp3) is 0.208. The van der Waals surface area contributed by atoms with Crippen molar-refractivity contribution in [3.8, 4) is 11.1 Å². The molecule has 0 spiro atoms. The quantitative estimate of drug-likeness (QED) is 0.607. The van der Waals surface area contributed by atoms with Gasteiger partial charge in [-0.25, -0.2) is 17.2 Å². The highest BCUT2D eigenvalue weighted by Crippen LogP contribution is 2.30. The minimum Gasteiger partial charge on any atom is -0.325 e. The number of carbonyl (C=O) groups is 1. The fourth-order valence-electron chi connectivity index (χ4n) is 3.84. The lowest BCUT2D eigenvalue weighted by molar-refractivity contribution is -0.120. The molecule has 1 aliphatic rings. The molecule has 1 fully saturated rings. The van der Waals surface area contributed by atoms with Crippen LogP contribution >= 0.6 is 0 Å². The van der Waals surface area contributed by atoms with Gasteiger partial charge in [-0.1, -0.05) is 48.5 Å². The van der Waals surface area contributed by atoms with E-state index in [1.807, 2.05) is 54.6 Å². The van der Waals surface area contributed by atoms with Gasteiger partial charge in [0.15, 0.2) is 11.6 Å². The lowest BCUT2D eigenvalue weighted by Gasteiger charge is -2.30. The fourth-order valence-corrected chi connectivity index (χ4v) is 5.32. The van der Waals surface area contributed by atoms with Gasteiger partial charge in [0.1, 0.15) is 0 Å². The number of benzene rings is 3. The Kier molecular flexibility index (Phi) is 6.34. The topological polar surface area (TPSA) is 66.5 Å². The molecule has 1 aliphatic heterocycles. The van der Waals surface area contributed by atoms with E-state index in [9.17, 15) is 22.0 Å². The molecule has 1 heterocycles. The first-order valence-corrected chi connectivity index (χ1v) is 11.7. The predicted molar refractivity (Wildman–Crippen MR) is 118 cm³/mol. The van der Waals surface area contributed by atoms with Crippen molar-refractivity contribution in [2.24, 2.45) is 5.92 Å². The molecular weight excluding hydrogens is 434 g/mol. The molecule has 32 heavy (non-hydrogen) atoms. The number of amides is 1. The van der Waals surface area contributed by atoms with Crippen LogP contribution in [0, 0.1) is 17.6 Å². The van der Waals surface area contributed by atoms with Crippen molar-refractivity contribution in [1.29, 1.82) is 0 Å². The molecule has 5 nitrogen and oxygen atoms in total. The number of nitrogens with one attached hydrogen (secondary N) is 1. The van der Waals surface area contributed by atoms with Crippen molar-refractivity contribution in [2.75, 3.05) is 18.4 Å². The monoisotopic (exact) mass is 456 g/mol. The number of hydrogen-bond acceptors (Lipinski definition) is 3. The Labute approximate surface area is 185 Å². The predicted octanol–water partition coefficient (Wildman–Crippen LogP) is 4.67. The third kappa shape index (κ3) is 4.56. The van der Waals surface area contributed by atoms with Crippen molar-refractivity contribution in [2.45, 2.75) is 17.7 Å². The summed E-state index contributed by atoms with van der Waals surface area (Å²) in [6, 6.07) is 19.8. The number of para-hydroxylation sites is 1. The largest absolute Gasteiger partial charge is 0.325 e. The van der Waals surface area contributed by atoms with Crippen molar-refractivity contribution < 1.29 is 22.0 Å². The van der Waals surface area contributed by atoms with Gasteiger partial charge in [-0.05, 0) is 42.7 Å². The second-order valence-electron chi connectivity index (χ2n) is 7.66. The molecule has 3 aromatic rings. The molecule has 0 bridgehead atoms. The van der Waals surface area contributed by atoms with Crippen LogP contribution in [0.4, 0.5) is 14.5 Å². The molecular formula is C24H22F2N2O3S. The maximum absolute atomic E-state index is 13.5. The van der Waals surface area contributed by atoms with Crippen LogP contribution in [0.25, 0.3) is 11.1 Å². The van der Waals surface area contributed by atoms with Crippen LogP contribution in [0.3, 0.4) is 0 Å². The SMILES string of the molecule is O=C(Nc1ccccc1-c1ccccc1)C1CCN(S(=O)(=O)c2ccc(F)c(F)c2)CC1. The van der Waals surface area contributed by atoms with Gasteiger partial charge in [0.25, 0.3) is 0 Å². The zero-order valence-electron chi connectivity index (χ0n) is 17.2. The second kappa shape index (κ2) is 9.18. The Hall–Kier alpha value is -3.10. The van der Waals surface area contributed by atoms with E-state index in [4.69, 9.17) is 0 Å². The first kappa shape index (κ1) is 22.1. The van der Waals surface area contributed by atoms with E-state index in [1.165, 1.54) is 4.31 Å². The van der Waals surface area contributed by atoms with E-state index in [2.05, 4.69) is 5.32 Å². The number of anilines is 1. The van der Waals surface area contributed by atoms with E-state index >= 15 is 0 Å². The van der Waals surface area contributed by atoms with Crippen LogP contribution in [0.2, 0.25) is 0 Å². The number of hydrogen-bond donors (Lipinski definition) is 1. The minimum absolute atomic E-state index is 0.125. The van der Waals surface area contributed by atoms with Gasteiger partial charge in [0, 0.05) is 30.3 Å². The Balaban J connectivity index is 1.43. The lowest BCUT2D eigenvalue weighted by Crippen LogP contribution is -2.41. The maximum atomic E-state index is 13.5. The van der Waals surface area contributed by atoms with Crippen LogP contribution in [0.5, 0.6) is 0 Å². The van der Waals surface area contributed by atoms with Gasteiger partial charge in [0.05, 0.1) is 4.90 Å². The molecule has 0 radical (unpaired) electrons. The molecule has 1 amide bonds. The molecule has 1 saturated heterocycles. The van der Waals surface area contributed by atoms with Crippen molar-refractivity contribution in [3.05, 3.63) is 84.4 Å². The Bertz CT molecular complexity index is 1230. The van der Waals surface area contributed by atoms with Gasteiger partial charge in [-0.2, -0.15) is 4.31 Å². The second-order valence-corrected chi connectivity index (χ2v) is 9.59. The Morgan fingerprint density at radius 2 is 1.53 bits per heavy atom. The summed E-state index contributed by atoms with van der Waals surface area (Å²) in [7, 11) is -3.96. The molecule has 3 aromatic carbocycles. The summed E-state index contributed by atoms with van der Waals surface area (Å²) in [5, 5.41) is 2.98. The molecule has 8 heteroatoms. The summed E-state index contributed by atoms with van der Waals surface area (Å²) in [5.41, 5.74) is 2.58. The summed E-state index contributed by atoms with van der Waals surface area (Å²) >= 11 is 0. The smallest absolute Gasteiger partial charge is 0.243 e. The molecule has 0 aromatic heterocycles. The summed E-state index contributed by atoms with van der Waals surface area (Å²) in [5.74, 6) is -2.83. The maximum Gasteiger partial charge on any atom is 0.243 e. The van der Waals surface area contributed by atoms with Gasteiger partial charge in [-0.3, -0.25) is 4.79 Å². The van der Waals surface area contributed by atoms with E-state index < -0.39 is 21.7 Å². The van der Waals surface area contributed by atoms with Crippen LogP contribution in [-0.4, -0.2) is 31.7 Å². The first-order valence-electron chi connectivity index (χ1n) is 10.3. The summed E-state index contributed by atoms with van der Waals surface area (Å²) in [6.07, 6.45) is 0.671. The van der Waals surface area contributed by atoms with Crippen molar-refractivity contribution in [3.63, 3.8) is 0 Å². The van der Waals surface area contributed by atoms with Crippen molar-refractivity contribution in [1.82, 2.24) is 4.31 Å². The zero-order chi connectivity index (χ0) is 22.7. The van der Waals surface area contributed by atoms with Crippen LogP contribution in [-0.2, 0) is 14.8 Å². The van der Waals surface area contributed by atoms with E-state index in [1.54, 1.807) is 0 Å². The summed E-state index contributed by atoms with van der Waals surface area (Å²) < 4.78 is 53.4. The average Bonchev–Trinajstić information content (AvgIpc) is 2.82. The van der Waals surface area contributed by atoms with Gasteiger partial charge in [0.2, 0.25) is 15.9 Å². The average molecular weight is 457 g/mol. The number of rotatable bonds is 5. The number of carbonyl (C=O) groups excluding carboxylic acids is 1. The first-order chi connectivity index (χ1) is 15.4. The Morgan fingerprint density at radius 3 is 2.22 bits per heavy atom. The molecule has 0 atom stereocenters. The van der Waals surface area contributed by atoms with E-state index in [0.717, 1.165) is 23.3 Å². The number of sulfonamides is 1. The van der Waals surface area contributed by atoms with Crippen LogP contribution in [0.1, 0.15) is 12.8 Å². The highest BCUT2D eigenvalue weighted by atomic mass is 32.2. The zero-order valence-corrected chi connectivity index (χ0v) is 18.0. The highest BCUT2D eigenvalue weighted by molar-refractivity contribution is 7.89. The molecule has 1 N–H and O–H groups in total. The van der Waals surface area contributed by atoms with Crippen LogP contribution in [0.15, 0.2) is 77.7 Å². The van der Waals surface area contributed by atoms with Gasteiger partial charge < -0.3 is 5.32 Å². The summed E-state index contributed by atoms with van der Waals surface area (Å²) in [6.45, 7) is 0.249. The molecule has 4 rings (SSSR count). The number of piperidine rings is 1. The van der Waals surface area contributed by atoms with Gasteiger partial charge >= 0.3 is 0 Å². The number of nitrogens with zero attached hydrogens (tertiary/aromatic N) is 1. The highest BCUT2D eigenvalue weighted by Gasteiger charge is 2.32. The third-order valence-corrected chi connectivity index (χ3v) is 7.52. The lowest BCUT2D eigenvalue weighted by atomic mass is 9.96. The normalized spacial score (nSPS) is 15.4. The van der Waals surface area contributed by atoms with E-state index in [-0.39, 0.29) is 29.8 Å². The standard InChI is InChI=1S/C24H22F2N2O3S/c25-21-11-10-19(16-22(21)26)32(30,31)28-14-12-18(13-15-28)24(29)27-23-9-5-4-8-20(23)17-6-2-1-3-7-17/h1-11,16,18H,12-15H2,(H,27,29). The van der Waals surface area contributed by atoms with Crippen LogP contribution < -0.4 is 5.32 Å². The van der Waals surface area contributed by atoms with Crippen molar-refractivity contribution >= 4 is 21.6 Å². The molecule has 0 unspecified atom stereocenters. The minimum atomic E-state index is -3.96. The van der Waals surface area contributed by atoms with E-state index in [0.29, 0.717) is 24.6 Å². The molecule has 0 saturated carbocycles. The molecule has 166 valence electrons. The summed E-state index contributed by atoms with van der Waals surface area (Å²) in [4.78, 5) is 12.6. The Morgan fingerprint density at radius 1 is 0.875 bits per heavy atom.